The fourth-order valence-electron chi connectivity index (χ4n) is 2.11. The molecule has 0 N–H and O–H groups in total. The first-order valence-corrected chi connectivity index (χ1v) is 6.65. The van der Waals surface area contributed by atoms with Gasteiger partial charge in [-0.3, -0.25) is 0 Å². The average Bonchev–Trinajstić information content (AvgIpc) is 2.78. The van der Waals surface area contributed by atoms with Crippen molar-refractivity contribution >= 4 is 13.3 Å². The summed E-state index contributed by atoms with van der Waals surface area (Å²) in [6, 6.07) is 5.40. The molecular weight excluding hydrogens is 265 g/mol. The van der Waals surface area contributed by atoms with Gasteiger partial charge in [0.05, 0.1) is 11.3 Å². The molecule has 0 aliphatic carbocycles. The third-order valence-corrected chi connectivity index (χ3v) is 3.85. The zero-order chi connectivity index (χ0) is 15.8. The predicted molar refractivity (Wildman–Crippen MR) is 80.0 cm³/mol. The molecule has 0 amide bonds. The van der Waals surface area contributed by atoms with Crippen LogP contribution in [0.15, 0.2) is 16.9 Å². The van der Waals surface area contributed by atoms with Gasteiger partial charge in [-0.2, -0.15) is 14.6 Å². The zero-order valence-electron chi connectivity index (χ0n) is 12.6. The van der Waals surface area contributed by atoms with Gasteiger partial charge >= 0.3 is 5.69 Å². The molecule has 6 nitrogen and oxygen atoms in total. The molecule has 0 saturated carbocycles. The van der Waals surface area contributed by atoms with Crippen LogP contribution < -0.4 is 11.2 Å². The predicted octanol–water partition coefficient (Wildman–Crippen LogP) is 0.319. The van der Waals surface area contributed by atoms with Gasteiger partial charge in [-0.05, 0) is 40.0 Å². The summed E-state index contributed by atoms with van der Waals surface area (Å²) in [7, 11) is 7.58. The van der Waals surface area contributed by atoms with E-state index in [4.69, 9.17) is 7.85 Å². The first-order chi connectivity index (χ1) is 9.81. The van der Waals surface area contributed by atoms with E-state index in [1.807, 2.05) is 0 Å². The molecule has 0 fully saturated rings. The zero-order valence-corrected chi connectivity index (χ0v) is 12.6. The smallest absolute Gasteiger partial charge is 0.244 e. The number of hydrogen-bond acceptors (Lipinski definition) is 4. The Kier molecular flexibility index (Phi) is 3.73. The fraction of sp³-hybridized carbons (Fsp3) is 0.429. The van der Waals surface area contributed by atoms with E-state index < -0.39 is 5.69 Å². The number of tetrazole rings is 1. The second-order valence-electron chi connectivity index (χ2n) is 5.60. The van der Waals surface area contributed by atoms with Gasteiger partial charge in [-0.25, -0.2) is 4.79 Å². The van der Waals surface area contributed by atoms with E-state index >= 15 is 0 Å². The van der Waals surface area contributed by atoms with E-state index in [-0.39, 0.29) is 5.41 Å². The number of rotatable bonds is 3. The van der Waals surface area contributed by atoms with Crippen molar-refractivity contribution in [2.24, 2.45) is 7.05 Å². The minimum atomic E-state index is -0.406. The summed E-state index contributed by atoms with van der Waals surface area (Å²) in [6.45, 7) is 6.19. The maximum atomic E-state index is 12.0. The molecule has 2 aromatic rings. The van der Waals surface area contributed by atoms with Crippen molar-refractivity contribution in [3.8, 4) is 11.8 Å². The summed E-state index contributed by atoms with van der Waals surface area (Å²) >= 11 is 0. The van der Waals surface area contributed by atoms with Gasteiger partial charge in [0, 0.05) is 7.05 Å². The normalized spacial score (nSPS) is 11.4. The highest BCUT2D eigenvalue weighted by molar-refractivity contribution is 6.33. The van der Waals surface area contributed by atoms with Crippen molar-refractivity contribution in [2.45, 2.75) is 32.6 Å². The topological polar surface area (TPSA) is 76.5 Å². The van der Waals surface area contributed by atoms with Crippen LogP contribution in [-0.2, 0) is 12.5 Å². The van der Waals surface area contributed by atoms with Crippen molar-refractivity contribution < 1.29 is 0 Å². The molecular formula is C14H16BN5O. The SMILES string of the molecule is [B]c1cc(C#N)c(-n2nnn(C)c2=O)cc1C(C)(C)CC. The number of hydrogen-bond donors (Lipinski definition) is 0. The van der Waals surface area contributed by atoms with Crippen LogP contribution in [0.1, 0.15) is 38.3 Å². The van der Waals surface area contributed by atoms with Crippen molar-refractivity contribution in [1.82, 2.24) is 19.8 Å². The second-order valence-corrected chi connectivity index (χ2v) is 5.60. The van der Waals surface area contributed by atoms with Crippen LogP contribution in [0.3, 0.4) is 0 Å². The van der Waals surface area contributed by atoms with Crippen LogP contribution in [0.2, 0.25) is 0 Å². The lowest BCUT2D eigenvalue weighted by Crippen LogP contribution is -2.28. The highest BCUT2D eigenvalue weighted by Crippen LogP contribution is 2.27. The Labute approximate surface area is 124 Å². The third-order valence-electron chi connectivity index (χ3n) is 3.85. The quantitative estimate of drug-likeness (QED) is 0.759. The van der Waals surface area contributed by atoms with Crippen molar-refractivity contribution in [1.29, 1.82) is 5.26 Å². The van der Waals surface area contributed by atoms with E-state index in [2.05, 4.69) is 37.3 Å². The minimum absolute atomic E-state index is 0.168. The van der Waals surface area contributed by atoms with Crippen molar-refractivity contribution in [3.63, 3.8) is 0 Å². The van der Waals surface area contributed by atoms with Gasteiger partial charge < -0.3 is 0 Å². The van der Waals surface area contributed by atoms with Crippen LogP contribution in [0.4, 0.5) is 0 Å². The van der Waals surface area contributed by atoms with Gasteiger partial charge in [0.15, 0.2) is 0 Å². The first kappa shape index (κ1) is 15.0. The molecule has 106 valence electrons. The summed E-state index contributed by atoms with van der Waals surface area (Å²) in [5.74, 6) is 0. The third kappa shape index (κ3) is 2.49. The number of aryl methyl sites for hydroxylation is 1. The molecule has 1 aromatic carbocycles. The molecule has 21 heavy (non-hydrogen) atoms. The van der Waals surface area contributed by atoms with Gasteiger partial charge in [-0.1, -0.05) is 26.2 Å². The summed E-state index contributed by atoms with van der Waals surface area (Å²) in [6.07, 6.45) is 0.873. The Morgan fingerprint density at radius 2 is 2.05 bits per heavy atom. The molecule has 0 saturated heterocycles. The van der Waals surface area contributed by atoms with Crippen molar-refractivity contribution in [2.75, 3.05) is 0 Å². The lowest BCUT2D eigenvalue weighted by Gasteiger charge is -2.26. The average molecular weight is 281 g/mol. The summed E-state index contributed by atoms with van der Waals surface area (Å²) in [5, 5.41) is 16.8. The Morgan fingerprint density at radius 1 is 1.38 bits per heavy atom. The number of nitrogens with zero attached hydrogens (tertiary/aromatic N) is 5. The van der Waals surface area contributed by atoms with Crippen LogP contribution in [0, 0.1) is 11.3 Å². The highest BCUT2D eigenvalue weighted by atomic mass is 16.2. The summed E-state index contributed by atoms with van der Waals surface area (Å²) < 4.78 is 2.23. The van der Waals surface area contributed by atoms with E-state index in [1.165, 1.54) is 7.05 Å². The van der Waals surface area contributed by atoms with E-state index in [0.29, 0.717) is 16.7 Å². The molecule has 7 heteroatoms. The molecule has 0 aliphatic heterocycles. The van der Waals surface area contributed by atoms with Crippen LogP contribution in [-0.4, -0.2) is 27.6 Å². The Hall–Kier alpha value is -2.36. The molecule has 2 rings (SSSR count). The monoisotopic (exact) mass is 281 g/mol. The lowest BCUT2D eigenvalue weighted by molar-refractivity contribution is 0.508. The minimum Gasteiger partial charge on any atom is -0.244 e. The number of nitriles is 1. The molecule has 0 bridgehead atoms. The molecule has 1 heterocycles. The van der Waals surface area contributed by atoms with Gasteiger partial charge in [-0.15, -0.1) is 0 Å². The fourth-order valence-corrected chi connectivity index (χ4v) is 2.11. The Morgan fingerprint density at radius 3 is 2.52 bits per heavy atom. The van der Waals surface area contributed by atoms with Crippen LogP contribution in [0.25, 0.3) is 5.69 Å². The molecule has 0 atom stereocenters. The Balaban J connectivity index is 2.77. The largest absolute Gasteiger partial charge is 0.368 e. The van der Waals surface area contributed by atoms with E-state index in [9.17, 15) is 10.1 Å². The molecule has 2 radical (unpaired) electrons. The molecule has 0 spiro atoms. The lowest BCUT2D eigenvalue weighted by atomic mass is 9.74. The Bertz CT molecular complexity index is 782. The van der Waals surface area contributed by atoms with Crippen LogP contribution >= 0.6 is 0 Å². The van der Waals surface area contributed by atoms with E-state index in [1.54, 1.807) is 12.1 Å². The first-order valence-electron chi connectivity index (χ1n) is 6.65. The summed E-state index contributed by atoms with van der Waals surface area (Å²) in [4.78, 5) is 12.0. The highest BCUT2D eigenvalue weighted by Gasteiger charge is 2.23. The standard InChI is InChI=1S/C14H16BN5O/c1-5-14(2,3)10-7-12(9(8-16)6-11(10)15)20-13(21)19(4)17-18-20/h6-7H,5H2,1-4H3. The maximum absolute atomic E-state index is 12.0. The van der Waals surface area contributed by atoms with Crippen LogP contribution in [0.5, 0.6) is 0 Å². The number of aromatic nitrogens is 4. The molecule has 0 unspecified atom stereocenters. The maximum Gasteiger partial charge on any atom is 0.368 e. The number of benzene rings is 1. The second kappa shape index (κ2) is 5.21. The summed E-state index contributed by atoms with van der Waals surface area (Å²) in [5.41, 5.74) is 1.55. The molecule has 1 aromatic heterocycles. The van der Waals surface area contributed by atoms with Gasteiger partial charge in [0.2, 0.25) is 0 Å². The van der Waals surface area contributed by atoms with E-state index in [0.717, 1.165) is 21.3 Å². The van der Waals surface area contributed by atoms with Gasteiger partial charge in [0.1, 0.15) is 13.9 Å². The van der Waals surface area contributed by atoms with Gasteiger partial charge in [0.25, 0.3) is 0 Å². The molecule has 0 aliphatic rings. The van der Waals surface area contributed by atoms with Crippen molar-refractivity contribution in [3.05, 3.63) is 33.7 Å².